The van der Waals surface area contributed by atoms with Gasteiger partial charge in [-0.2, -0.15) is 39.5 Å². The van der Waals surface area contributed by atoms with Crippen LogP contribution in [0.1, 0.15) is 16.7 Å². The molecule has 200 valence electrons. The monoisotopic (exact) mass is 562 g/mol. The molecule has 0 unspecified atom stereocenters. The number of hydrogen-bond acceptors (Lipinski definition) is 6. The van der Waals surface area contributed by atoms with Crippen molar-refractivity contribution in [2.24, 2.45) is 0 Å². The van der Waals surface area contributed by atoms with Crippen LogP contribution in [0.5, 0.6) is 17.2 Å². The van der Waals surface area contributed by atoms with Crippen molar-refractivity contribution >= 4 is 8.60 Å². The number of alkyl halides is 9. The predicted molar refractivity (Wildman–Crippen MR) is 106 cm³/mol. The Morgan fingerprint density at radius 2 is 0.595 bits per heavy atom. The molecular formula is C21H12F9O6P. The molecule has 0 saturated heterocycles. The zero-order chi connectivity index (χ0) is 27.3. The summed E-state index contributed by atoms with van der Waals surface area (Å²) in [6.45, 7) is 0. The summed E-state index contributed by atoms with van der Waals surface area (Å²) in [6, 6.07) is 9.44. The highest BCUT2D eigenvalue weighted by Crippen LogP contribution is 2.42. The number of halogens is 9. The topological polar surface area (TPSA) is 55.4 Å². The molecule has 6 nitrogen and oxygen atoms in total. The minimum absolute atomic E-state index is 0.253. The molecule has 0 bridgehead atoms. The Morgan fingerprint density at radius 1 is 0.378 bits per heavy atom. The molecule has 3 aromatic carbocycles. The van der Waals surface area contributed by atoms with Crippen molar-refractivity contribution in [3.63, 3.8) is 0 Å². The van der Waals surface area contributed by atoms with Gasteiger partial charge in [-0.1, -0.05) is 14.0 Å². The highest BCUT2D eigenvalue weighted by Gasteiger charge is 2.32. The zero-order valence-corrected chi connectivity index (χ0v) is 18.6. The van der Waals surface area contributed by atoms with Crippen LogP contribution in [0.2, 0.25) is 0 Å². The third kappa shape index (κ3) is 8.67. The van der Waals surface area contributed by atoms with E-state index in [-0.39, 0.29) is 17.2 Å². The molecule has 0 N–H and O–H groups in total. The van der Waals surface area contributed by atoms with E-state index in [0.717, 1.165) is 36.4 Å². The molecule has 0 fully saturated rings. The van der Waals surface area contributed by atoms with Crippen molar-refractivity contribution in [1.29, 1.82) is 0 Å². The first-order valence-corrected chi connectivity index (χ1v) is 10.7. The maximum atomic E-state index is 12.7. The van der Waals surface area contributed by atoms with Gasteiger partial charge in [-0.25, -0.2) is 0 Å². The second-order valence-electron chi connectivity index (χ2n) is 6.76. The molecule has 0 heterocycles. The standard InChI is InChI=1S/C21H12F9O6P/c22-19(23,24)13-1-7-16(8-2-13)31-34-37(35-32-17-9-3-14(4-10-17)20(25,26)27)36-33-18-11-5-15(6-12-18)21(28,29)30/h1-12H. The highest BCUT2D eigenvalue weighted by molar-refractivity contribution is 7.41. The predicted octanol–water partition coefficient (Wildman–Crippen LogP) is 8.30. The van der Waals surface area contributed by atoms with Gasteiger partial charge in [0.2, 0.25) is 0 Å². The average Bonchev–Trinajstić information content (AvgIpc) is 2.82. The fourth-order valence-electron chi connectivity index (χ4n) is 2.36. The lowest BCUT2D eigenvalue weighted by atomic mass is 10.2. The van der Waals surface area contributed by atoms with Gasteiger partial charge >= 0.3 is 27.1 Å². The quantitative estimate of drug-likeness (QED) is 0.113. The van der Waals surface area contributed by atoms with Crippen molar-refractivity contribution in [2.45, 2.75) is 18.5 Å². The van der Waals surface area contributed by atoms with E-state index in [0.29, 0.717) is 36.4 Å². The summed E-state index contributed by atoms with van der Waals surface area (Å²) in [4.78, 5) is 14.4. The van der Waals surface area contributed by atoms with Gasteiger partial charge < -0.3 is 14.7 Å². The van der Waals surface area contributed by atoms with Crippen LogP contribution < -0.4 is 14.7 Å². The third-order valence-electron chi connectivity index (χ3n) is 4.13. The molecule has 0 amide bonds. The minimum Gasteiger partial charge on any atom is -0.329 e. The largest absolute Gasteiger partial charge is 0.455 e. The molecule has 37 heavy (non-hydrogen) atoms. The summed E-state index contributed by atoms with van der Waals surface area (Å²) in [5.74, 6) is -0.759. The number of hydrogen-bond donors (Lipinski definition) is 0. The van der Waals surface area contributed by atoms with E-state index < -0.39 is 43.8 Å². The van der Waals surface area contributed by atoms with Crippen molar-refractivity contribution in [3.8, 4) is 17.2 Å². The molecule has 3 aromatic rings. The minimum atomic E-state index is -4.61. The van der Waals surface area contributed by atoms with Crippen LogP contribution in [0.4, 0.5) is 39.5 Å². The van der Waals surface area contributed by atoms with E-state index >= 15 is 0 Å². The van der Waals surface area contributed by atoms with E-state index in [4.69, 9.17) is 28.7 Å². The second kappa shape index (κ2) is 11.4. The van der Waals surface area contributed by atoms with Crippen LogP contribution in [0.25, 0.3) is 0 Å². The van der Waals surface area contributed by atoms with Crippen LogP contribution in [0, 0.1) is 0 Å². The Balaban J connectivity index is 1.65. The SMILES string of the molecule is FC(F)(F)c1ccc(OOP(OOc2ccc(C(F)(F)F)cc2)OOc2ccc(C(F)(F)F)cc2)cc1. The Hall–Kier alpha value is -3.26. The lowest BCUT2D eigenvalue weighted by molar-refractivity contribution is -0.220. The summed E-state index contributed by atoms with van der Waals surface area (Å²) in [5, 5.41) is 0. The van der Waals surface area contributed by atoms with E-state index in [1.165, 1.54) is 0 Å². The molecule has 0 saturated carbocycles. The first-order chi connectivity index (χ1) is 17.2. The molecule has 0 spiro atoms. The van der Waals surface area contributed by atoms with E-state index in [1.54, 1.807) is 0 Å². The van der Waals surface area contributed by atoms with E-state index in [2.05, 4.69) is 0 Å². The molecule has 0 atom stereocenters. The highest BCUT2D eigenvalue weighted by atomic mass is 31.2. The number of rotatable bonds is 9. The summed E-state index contributed by atoms with van der Waals surface area (Å²) in [5.41, 5.74) is -2.94. The first-order valence-electron chi connectivity index (χ1n) is 9.58. The molecule has 0 radical (unpaired) electrons. The lowest BCUT2D eigenvalue weighted by Gasteiger charge is -2.15. The summed E-state index contributed by atoms with van der Waals surface area (Å²) >= 11 is 0. The maximum Gasteiger partial charge on any atom is 0.455 e. The van der Waals surface area contributed by atoms with Gasteiger partial charge in [0.05, 0.1) is 16.7 Å². The van der Waals surface area contributed by atoms with Gasteiger partial charge in [0.15, 0.2) is 17.2 Å². The van der Waals surface area contributed by atoms with Crippen LogP contribution in [-0.4, -0.2) is 0 Å². The van der Waals surface area contributed by atoms with Gasteiger partial charge in [-0.15, -0.1) is 0 Å². The Morgan fingerprint density at radius 3 is 0.784 bits per heavy atom. The van der Waals surface area contributed by atoms with Crippen LogP contribution in [-0.2, 0) is 32.6 Å². The maximum absolute atomic E-state index is 12.7. The third-order valence-corrected chi connectivity index (χ3v) is 4.72. The first kappa shape index (κ1) is 28.3. The summed E-state index contributed by atoms with van der Waals surface area (Å²) < 4.78 is 128. The van der Waals surface area contributed by atoms with Gasteiger partial charge in [0, 0.05) is 0 Å². The van der Waals surface area contributed by atoms with Gasteiger partial charge in [-0.3, -0.25) is 0 Å². The smallest absolute Gasteiger partial charge is 0.329 e. The fraction of sp³-hybridized carbons (Fsp3) is 0.143. The lowest BCUT2D eigenvalue weighted by Crippen LogP contribution is -2.07. The zero-order valence-electron chi connectivity index (χ0n) is 17.7. The van der Waals surface area contributed by atoms with Gasteiger partial charge in [0.25, 0.3) is 0 Å². The van der Waals surface area contributed by atoms with Crippen LogP contribution >= 0.6 is 8.60 Å². The van der Waals surface area contributed by atoms with Gasteiger partial charge in [-0.05, 0) is 72.8 Å². The molecule has 16 heteroatoms. The van der Waals surface area contributed by atoms with Crippen molar-refractivity contribution in [3.05, 3.63) is 89.5 Å². The normalized spacial score (nSPS) is 12.5. The summed E-state index contributed by atoms with van der Waals surface area (Å²) in [6.07, 6.45) is -13.8. The second-order valence-corrected chi connectivity index (χ2v) is 7.66. The van der Waals surface area contributed by atoms with Crippen molar-refractivity contribution in [1.82, 2.24) is 0 Å². The molecule has 0 aromatic heterocycles. The summed E-state index contributed by atoms with van der Waals surface area (Å²) in [7, 11) is -2.86. The molecule has 3 rings (SSSR count). The fourth-order valence-corrected chi connectivity index (χ4v) is 2.87. The number of benzene rings is 3. The average molecular weight is 562 g/mol. The molecule has 0 aliphatic rings. The Labute approximate surface area is 202 Å². The van der Waals surface area contributed by atoms with Crippen molar-refractivity contribution < 1.29 is 68.2 Å². The van der Waals surface area contributed by atoms with Crippen molar-refractivity contribution in [2.75, 3.05) is 0 Å². The van der Waals surface area contributed by atoms with E-state index in [1.807, 2.05) is 0 Å². The molecule has 0 aliphatic heterocycles. The van der Waals surface area contributed by atoms with E-state index in [9.17, 15) is 39.5 Å². The Kier molecular flexibility index (Phi) is 8.74. The van der Waals surface area contributed by atoms with Crippen LogP contribution in [0.3, 0.4) is 0 Å². The molecule has 0 aliphatic carbocycles. The van der Waals surface area contributed by atoms with Crippen LogP contribution in [0.15, 0.2) is 72.8 Å². The van der Waals surface area contributed by atoms with Gasteiger partial charge in [0.1, 0.15) is 0 Å². The molecular weight excluding hydrogens is 550 g/mol. The Bertz CT molecular complexity index is 986.